The molecule has 8 heteroatoms. The van der Waals surface area contributed by atoms with Gasteiger partial charge in [-0.15, -0.1) is 0 Å². The zero-order chi connectivity index (χ0) is 17.7. The molecule has 126 valence electrons. The number of carbonyl (C=O) groups excluding carboxylic acids is 1. The van der Waals surface area contributed by atoms with Crippen molar-refractivity contribution in [3.63, 3.8) is 0 Å². The lowest BCUT2D eigenvalue weighted by atomic mass is 10.2. The van der Waals surface area contributed by atoms with Gasteiger partial charge in [0.25, 0.3) is 5.91 Å². The van der Waals surface area contributed by atoms with Gasteiger partial charge in [-0.3, -0.25) is 4.79 Å². The third kappa shape index (κ3) is 5.06. The van der Waals surface area contributed by atoms with Crippen LogP contribution in [0.3, 0.4) is 0 Å². The number of nitrogens with zero attached hydrogens (tertiary/aromatic N) is 1. The van der Waals surface area contributed by atoms with Crippen molar-refractivity contribution in [2.45, 2.75) is 6.92 Å². The van der Waals surface area contributed by atoms with Crippen molar-refractivity contribution in [3.05, 3.63) is 54.9 Å². The number of hydrogen-bond donors (Lipinski definition) is 2. The summed E-state index contributed by atoms with van der Waals surface area (Å²) >= 11 is 9.88. The van der Waals surface area contributed by atoms with Gasteiger partial charge in [0.1, 0.15) is 11.5 Å². The Balaban J connectivity index is 1.94. The molecule has 2 N–H and O–H groups in total. The Hall–Kier alpha value is -1.38. The number of halogens is 3. The maximum atomic E-state index is 11.8. The van der Waals surface area contributed by atoms with Crippen LogP contribution in [0.15, 0.2) is 48.9 Å². The standard InChI is InChI=1S/C16H13Br3N2O3/c1-9-3-2-4-10(5-9)24-8-14(22)21-20-7-11-12(17)6-13(18)16(23)15(11)19/h2-7,23H,8H2,1H3,(H,21,22)/b20-7+. The number of benzene rings is 2. The summed E-state index contributed by atoms with van der Waals surface area (Å²) in [6.45, 7) is 1.80. The summed E-state index contributed by atoms with van der Waals surface area (Å²) in [6.07, 6.45) is 1.42. The molecule has 0 heterocycles. The van der Waals surface area contributed by atoms with E-state index in [0.29, 0.717) is 24.7 Å². The summed E-state index contributed by atoms with van der Waals surface area (Å²) < 4.78 is 7.08. The van der Waals surface area contributed by atoms with E-state index in [4.69, 9.17) is 4.74 Å². The van der Waals surface area contributed by atoms with Crippen LogP contribution < -0.4 is 10.2 Å². The fraction of sp³-hybridized carbons (Fsp3) is 0.125. The number of rotatable bonds is 5. The van der Waals surface area contributed by atoms with Crippen LogP contribution in [-0.2, 0) is 4.79 Å². The van der Waals surface area contributed by atoms with E-state index in [1.807, 2.05) is 25.1 Å². The van der Waals surface area contributed by atoms with Crippen LogP contribution in [0.4, 0.5) is 0 Å². The van der Waals surface area contributed by atoms with Crippen LogP contribution in [0.1, 0.15) is 11.1 Å². The predicted molar refractivity (Wildman–Crippen MR) is 104 cm³/mol. The number of phenolic OH excluding ortho intramolecular Hbond substituents is 1. The van der Waals surface area contributed by atoms with Gasteiger partial charge in [0, 0.05) is 10.0 Å². The first-order chi connectivity index (χ1) is 11.4. The summed E-state index contributed by atoms with van der Waals surface area (Å²) in [5.41, 5.74) is 4.02. The third-order valence-electron chi connectivity index (χ3n) is 2.92. The maximum Gasteiger partial charge on any atom is 0.277 e. The number of amides is 1. The highest BCUT2D eigenvalue weighted by Gasteiger charge is 2.12. The van der Waals surface area contributed by atoms with Crippen LogP contribution in [0.2, 0.25) is 0 Å². The highest BCUT2D eigenvalue weighted by Crippen LogP contribution is 2.38. The monoisotopic (exact) mass is 518 g/mol. The normalized spacial score (nSPS) is 10.8. The third-order valence-corrected chi connectivity index (χ3v) is 4.99. The minimum absolute atomic E-state index is 0.0498. The molecule has 0 aliphatic carbocycles. The minimum atomic E-state index is -0.388. The van der Waals surface area contributed by atoms with Crippen LogP contribution in [-0.4, -0.2) is 23.8 Å². The lowest BCUT2D eigenvalue weighted by Gasteiger charge is -2.07. The van der Waals surface area contributed by atoms with Crippen molar-refractivity contribution in [1.29, 1.82) is 0 Å². The molecule has 2 rings (SSSR count). The molecular weight excluding hydrogens is 508 g/mol. The Morgan fingerprint density at radius 3 is 2.75 bits per heavy atom. The lowest BCUT2D eigenvalue weighted by molar-refractivity contribution is -0.123. The van der Waals surface area contributed by atoms with Crippen LogP contribution in [0.25, 0.3) is 0 Å². The Kier molecular flexibility index (Phi) is 6.82. The van der Waals surface area contributed by atoms with Gasteiger partial charge in [-0.1, -0.05) is 28.1 Å². The first-order valence-electron chi connectivity index (χ1n) is 6.76. The Bertz CT molecular complexity index is 794. The highest BCUT2D eigenvalue weighted by atomic mass is 79.9. The molecule has 2 aromatic rings. The fourth-order valence-corrected chi connectivity index (χ4v) is 4.09. The molecule has 0 aliphatic rings. The number of aryl methyl sites for hydroxylation is 1. The molecular formula is C16H13Br3N2O3. The Labute approximate surface area is 164 Å². The molecule has 0 saturated heterocycles. The van der Waals surface area contributed by atoms with Crippen molar-refractivity contribution in [2.24, 2.45) is 5.10 Å². The number of hydrazone groups is 1. The molecule has 0 radical (unpaired) electrons. The summed E-state index contributed by atoms with van der Waals surface area (Å²) in [4.78, 5) is 11.8. The second-order valence-corrected chi connectivity index (χ2v) is 7.32. The lowest BCUT2D eigenvalue weighted by Crippen LogP contribution is -2.24. The molecule has 0 saturated carbocycles. The van der Waals surface area contributed by atoms with Gasteiger partial charge in [0.2, 0.25) is 0 Å². The average molecular weight is 521 g/mol. The van der Waals surface area contributed by atoms with Gasteiger partial charge in [-0.25, -0.2) is 5.43 Å². The van der Waals surface area contributed by atoms with Gasteiger partial charge >= 0.3 is 0 Å². The quantitative estimate of drug-likeness (QED) is 0.450. The van der Waals surface area contributed by atoms with Gasteiger partial charge in [-0.2, -0.15) is 5.10 Å². The van der Waals surface area contributed by atoms with Gasteiger partial charge < -0.3 is 9.84 Å². The van der Waals surface area contributed by atoms with Crippen molar-refractivity contribution < 1.29 is 14.6 Å². The first-order valence-corrected chi connectivity index (χ1v) is 9.14. The van der Waals surface area contributed by atoms with Crippen LogP contribution in [0, 0.1) is 6.92 Å². The van der Waals surface area contributed by atoms with Gasteiger partial charge in [-0.05, 0) is 62.5 Å². The van der Waals surface area contributed by atoms with Gasteiger partial charge in [0.05, 0.1) is 15.2 Å². The molecule has 0 bridgehead atoms. The summed E-state index contributed by atoms with van der Waals surface area (Å²) in [7, 11) is 0. The topological polar surface area (TPSA) is 70.9 Å². The van der Waals surface area contributed by atoms with E-state index in [2.05, 4.69) is 58.3 Å². The number of hydrogen-bond acceptors (Lipinski definition) is 4. The van der Waals surface area contributed by atoms with E-state index in [9.17, 15) is 9.90 Å². The molecule has 1 amide bonds. The average Bonchev–Trinajstić information content (AvgIpc) is 2.54. The number of carbonyl (C=O) groups is 1. The minimum Gasteiger partial charge on any atom is -0.506 e. The molecule has 0 unspecified atom stereocenters. The summed E-state index contributed by atoms with van der Waals surface area (Å²) in [6, 6.07) is 9.11. The molecule has 0 aliphatic heterocycles. The van der Waals surface area contributed by atoms with E-state index >= 15 is 0 Å². The molecule has 2 aromatic carbocycles. The van der Waals surface area contributed by atoms with Crippen molar-refractivity contribution in [1.82, 2.24) is 5.43 Å². The van der Waals surface area contributed by atoms with E-state index < -0.39 is 0 Å². The number of aromatic hydroxyl groups is 1. The molecule has 24 heavy (non-hydrogen) atoms. The van der Waals surface area contributed by atoms with E-state index in [-0.39, 0.29) is 18.3 Å². The largest absolute Gasteiger partial charge is 0.506 e. The second kappa shape index (κ2) is 8.64. The molecule has 0 fully saturated rings. The van der Waals surface area contributed by atoms with E-state index in [1.165, 1.54) is 6.21 Å². The second-order valence-electron chi connectivity index (χ2n) is 4.81. The summed E-state index contributed by atoms with van der Waals surface area (Å²) in [5.74, 6) is 0.285. The maximum absolute atomic E-state index is 11.8. The number of ether oxygens (including phenoxy) is 1. The fourth-order valence-electron chi connectivity index (χ4n) is 1.77. The first kappa shape index (κ1) is 19.0. The molecule has 5 nitrogen and oxygen atoms in total. The SMILES string of the molecule is Cc1cccc(OCC(=O)N/N=C/c2c(Br)cc(Br)c(O)c2Br)c1. The Morgan fingerprint density at radius 2 is 2.04 bits per heavy atom. The highest BCUT2D eigenvalue weighted by molar-refractivity contribution is 9.11. The number of nitrogens with one attached hydrogen (secondary N) is 1. The van der Waals surface area contributed by atoms with Gasteiger partial charge in [0.15, 0.2) is 6.61 Å². The predicted octanol–water partition coefficient (Wildman–Crippen LogP) is 4.52. The zero-order valence-electron chi connectivity index (χ0n) is 12.5. The smallest absolute Gasteiger partial charge is 0.277 e. The van der Waals surface area contributed by atoms with E-state index in [0.717, 1.165) is 5.56 Å². The molecule has 0 aromatic heterocycles. The molecule has 0 spiro atoms. The number of phenols is 1. The summed E-state index contributed by atoms with van der Waals surface area (Å²) in [5, 5.41) is 13.7. The van der Waals surface area contributed by atoms with Crippen LogP contribution in [0.5, 0.6) is 11.5 Å². The van der Waals surface area contributed by atoms with Crippen LogP contribution >= 0.6 is 47.8 Å². The molecule has 0 atom stereocenters. The van der Waals surface area contributed by atoms with Crippen molar-refractivity contribution in [3.8, 4) is 11.5 Å². The van der Waals surface area contributed by atoms with E-state index in [1.54, 1.807) is 12.1 Å². The van der Waals surface area contributed by atoms with Crippen molar-refractivity contribution >= 4 is 59.9 Å². The van der Waals surface area contributed by atoms with Crippen molar-refractivity contribution in [2.75, 3.05) is 6.61 Å². The Morgan fingerprint density at radius 1 is 1.29 bits per heavy atom. The zero-order valence-corrected chi connectivity index (χ0v) is 17.3.